The molecule has 0 spiro atoms. The molecule has 3 aromatic rings. The van der Waals surface area contributed by atoms with Crippen LogP contribution in [0.5, 0.6) is 0 Å². The second kappa shape index (κ2) is 10.2. The quantitative estimate of drug-likeness (QED) is 0.380. The van der Waals surface area contributed by atoms with Crippen LogP contribution in [0, 0.1) is 0 Å². The highest BCUT2D eigenvalue weighted by Gasteiger charge is 2.50. The minimum atomic E-state index is -4.06. The van der Waals surface area contributed by atoms with Gasteiger partial charge in [0.25, 0.3) is 10.0 Å². The zero-order chi connectivity index (χ0) is 28.1. The molecule has 38 heavy (non-hydrogen) atoms. The predicted octanol–water partition coefficient (Wildman–Crippen LogP) is 4.81. The van der Waals surface area contributed by atoms with E-state index < -0.39 is 48.5 Å². The minimum absolute atomic E-state index is 0.00905. The highest BCUT2D eigenvalue weighted by atomic mass is 32.2. The molecule has 0 saturated carbocycles. The lowest BCUT2D eigenvalue weighted by Crippen LogP contribution is -2.47. The van der Waals surface area contributed by atoms with Gasteiger partial charge in [-0.15, -0.1) is 0 Å². The number of rotatable bonds is 8. The fraction of sp³-hybridized carbons (Fsp3) is 0.500. The Hall–Kier alpha value is -2.05. The number of aliphatic hydroxyl groups excluding tert-OH is 2. The summed E-state index contributed by atoms with van der Waals surface area (Å²) in [5.41, 5.74) is 0.561. The SMILES string of the molecule is CC1(C)O[C@@H]([C@H](O)c2cc3ccccc3n2S(=O)(=O)c2ccccc2)[C@@H]([C@H](O)CO[Si](C)(C)C(C)(C)C)O1. The molecule has 208 valence electrons. The summed E-state index contributed by atoms with van der Waals surface area (Å²) in [6.07, 6.45) is -4.52. The summed E-state index contributed by atoms with van der Waals surface area (Å²) in [5.74, 6) is -1.11. The predicted molar refractivity (Wildman–Crippen MR) is 149 cm³/mol. The summed E-state index contributed by atoms with van der Waals surface area (Å²) in [7, 11) is -6.22. The maximum absolute atomic E-state index is 13.8. The summed E-state index contributed by atoms with van der Waals surface area (Å²) in [6, 6.07) is 16.8. The average molecular weight is 562 g/mol. The van der Waals surface area contributed by atoms with Gasteiger partial charge in [0, 0.05) is 5.39 Å². The molecule has 0 bridgehead atoms. The van der Waals surface area contributed by atoms with Gasteiger partial charge in [0.15, 0.2) is 14.1 Å². The summed E-state index contributed by atoms with van der Waals surface area (Å²) >= 11 is 0. The molecule has 0 amide bonds. The zero-order valence-electron chi connectivity index (χ0n) is 23.1. The highest BCUT2D eigenvalue weighted by molar-refractivity contribution is 7.90. The van der Waals surface area contributed by atoms with Crippen LogP contribution >= 0.6 is 0 Å². The molecule has 10 heteroatoms. The van der Waals surface area contributed by atoms with Crippen molar-refractivity contribution < 1.29 is 32.5 Å². The fourth-order valence-corrected chi connectivity index (χ4v) is 7.05. The van der Waals surface area contributed by atoms with Gasteiger partial charge in [-0.25, -0.2) is 12.4 Å². The number of aliphatic hydroxyl groups is 2. The van der Waals surface area contributed by atoms with Crippen LogP contribution in [0.3, 0.4) is 0 Å². The number of fused-ring (bicyclic) bond motifs is 1. The van der Waals surface area contributed by atoms with Gasteiger partial charge in [-0.2, -0.15) is 0 Å². The molecule has 1 aliphatic rings. The van der Waals surface area contributed by atoms with Gasteiger partial charge in [0.1, 0.15) is 24.4 Å². The Labute approximate surface area is 226 Å². The number of ether oxygens (including phenoxy) is 2. The first kappa shape index (κ1) is 28.9. The number of nitrogens with zero attached hydrogens (tertiary/aromatic N) is 1. The highest BCUT2D eigenvalue weighted by Crippen LogP contribution is 2.41. The summed E-state index contributed by atoms with van der Waals surface area (Å²) in [5, 5.41) is 23.5. The summed E-state index contributed by atoms with van der Waals surface area (Å²) in [4.78, 5) is 0.0954. The van der Waals surface area contributed by atoms with E-state index in [0.717, 1.165) is 3.97 Å². The van der Waals surface area contributed by atoms with Crippen LogP contribution in [0.15, 0.2) is 65.6 Å². The molecule has 1 fully saturated rings. The first-order valence-electron chi connectivity index (χ1n) is 12.8. The number of aromatic nitrogens is 1. The molecule has 2 heterocycles. The van der Waals surface area contributed by atoms with Crippen LogP contribution in [0.4, 0.5) is 0 Å². The van der Waals surface area contributed by atoms with Crippen molar-refractivity contribution in [2.75, 3.05) is 6.61 Å². The Morgan fingerprint density at radius 1 is 1.00 bits per heavy atom. The van der Waals surface area contributed by atoms with Crippen LogP contribution in [-0.4, -0.2) is 61.6 Å². The molecular weight excluding hydrogens is 522 g/mol. The molecular formula is C28H39NO7SSi. The van der Waals surface area contributed by atoms with Gasteiger partial charge < -0.3 is 24.1 Å². The van der Waals surface area contributed by atoms with Gasteiger partial charge in [0.05, 0.1) is 22.7 Å². The molecule has 2 N–H and O–H groups in total. The van der Waals surface area contributed by atoms with E-state index in [9.17, 15) is 18.6 Å². The summed E-state index contributed by atoms with van der Waals surface area (Å²) in [6.45, 7) is 13.9. The first-order valence-corrected chi connectivity index (χ1v) is 17.2. The van der Waals surface area contributed by atoms with Crippen LogP contribution in [0.1, 0.15) is 46.4 Å². The second-order valence-electron chi connectivity index (χ2n) is 11.9. The van der Waals surface area contributed by atoms with Crippen molar-refractivity contribution in [1.29, 1.82) is 0 Å². The van der Waals surface area contributed by atoms with Crippen molar-refractivity contribution in [3.05, 3.63) is 66.4 Å². The van der Waals surface area contributed by atoms with E-state index in [0.29, 0.717) is 10.9 Å². The van der Waals surface area contributed by atoms with E-state index in [1.807, 2.05) is 0 Å². The van der Waals surface area contributed by atoms with Crippen molar-refractivity contribution in [3.63, 3.8) is 0 Å². The lowest BCUT2D eigenvalue weighted by atomic mass is 10.0. The Kier molecular flexibility index (Phi) is 7.74. The maximum atomic E-state index is 13.8. The zero-order valence-corrected chi connectivity index (χ0v) is 24.9. The topological polar surface area (TPSA) is 107 Å². The Bertz CT molecular complexity index is 1380. The molecule has 8 nitrogen and oxygen atoms in total. The maximum Gasteiger partial charge on any atom is 0.268 e. The van der Waals surface area contributed by atoms with E-state index in [4.69, 9.17) is 13.9 Å². The third kappa shape index (κ3) is 5.49. The number of benzene rings is 2. The minimum Gasteiger partial charge on any atom is -0.414 e. The van der Waals surface area contributed by atoms with Crippen molar-refractivity contribution >= 4 is 29.2 Å². The fourth-order valence-electron chi connectivity index (χ4n) is 4.46. The standard InChI is InChI=1S/C28H39NO7SSi/c1-27(2,3)38(6,7)34-18-23(30)25-26(36-28(4,5)35-25)24(31)22-17-19-13-11-12-16-21(19)29(22)37(32,33)20-14-9-8-10-15-20/h8-17,23-26,30-31H,18H2,1-7H3/t23-,24-,25-,26+/m1/s1. The van der Waals surface area contributed by atoms with Crippen molar-refractivity contribution in [2.45, 2.75) is 87.8 Å². The normalized spacial score (nSPS) is 22.0. The molecule has 1 aromatic heterocycles. The lowest BCUT2D eigenvalue weighted by molar-refractivity contribution is -0.162. The Balaban J connectivity index is 1.73. The van der Waals surface area contributed by atoms with E-state index >= 15 is 0 Å². The van der Waals surface area contributed by atoms with Crippen molar-refractivity contribution in [2.24, 2.45) is 0 Å². The third-order valence-corrected chi connectivity index (χ3v) is 13.8. The monoisotopic (exact) mass is 561 g/mol. The van der Waals surface area contributed by atoms with Gasteiger partial charge in [0.2, 0.25) is 0 Å². The molecule has 1 saturated heterocycles. The van der Waals surface area contributed by atoms with Gasteiger partial charge in [-0.3, -0.25) is 0 Å². The van der Waals surface area contributed by atoms with E-state index in [1.54, 1.807) is 62.4 Å². The van der Waals surface area contributed by atoms with Crippen LogP contribution in [-0.2, 0) is 23.9 Å². The van der Waals surface area contributed by atoms with E-state index in [1.165, 1.54) is 12.1 Å². The van der Waals surface area contributed by atoms with E-state index in [2.05, 4.69) is 33.9 Å². The Morgan fingerprint density at radius 2 is 1.58 bits per heavy atom. The van der Waals surface area contributed by atoms with Crippen molar-refractivity contribution in [1.82, 2.24) is 3.97 Å². The van der Waals surface area contributed by atoms with Crippen molar-refractivity contribution in [3.8, 4) is 0 Å². The Morgan fingerprint density at radius 3 is 2.21 bits per heavy atom. The largest absolute Gasteiger partial charge is 0.414 e. The smallest absolute Gasteiger partial charge is 0.268 e. The van der Waals surface area contributed by atoms with E-state index in [-0.39, 0.29) is 22.2 Å². The van der Waals surface area contributed by atoms with Gasteiger partial charge >= 0.3 is 0 Å². The average Bonchev–Trinajstić information content (AvgIpc) is 3.40. The molecule has 4 rings (SSSR count). The lowest BCUT2D eigenvalue weighted by Gasteiger charge is -2.37. The van der Waals surface area contributed by atoms with Crippen LogP contribution < -0.4 is 0 Å². The van der Waals surface area contributed by atoms with Gasteiger partial charge in [-0.1, -0.05) is 57.2 Å². The molecule has 2 aromatic carbocycles. The number of para-hydroxylation sites is 1. The third-order valence-electron chi connectivity index (χ3n) is 7.55. The molecule has 1 aliphatic heterocycles. The molecule has 0 unspecified atom stereocenters. The molecule has 4 atom stereocenters. The number of hydrogen-bond donors (Lipinski definition) is 2. The van der Waals surface area contributed by atoms with Gasteiger partial charge in [-0.05, 0) is 56.2 Å². The first-order chi connectivity index (χ1) is 17.6. The number of hydrogen-bond acceptors (Lipinski definition) is 7. The molecule has 0 radical (unpaired) electrons. The second-order valence-corrected chi connectivity index (χ2v) is 18.5. The summed E-state index contributed by atoms with van der Waals surface area (Å²) < 4.78 is 47.1. The molecule has 0 aliphatic carbocycles. The van der Waals surface area contributed by atoms with Crippen LogP contribution in [0.25, 0.3) is 10.9 Å². The van der Waals surface area contributed by atoms with Crippen LogP contribution in [0.2, 0.25) is 18.1 Å².